The lowest BCUT2D eigenvalue weighted by Gasteiger charge is -2.34. The molecule has 0 bridgehead atoms. The first-order valence-corrected chi connectivity index (χ1v) is 11.0. The van der Waals surface area contributed by atoms with Gasteiger partial charge < -0.3 is 19.9 Å². The van der Waals surface area contributed by atoms with Crippen LogP contribution in [0, 0.1) is 0 Å². The maximum Gasteiger partial charge on any atom is 0.278 e. The molecule has 7 nitrogen and oxygen atoms in total. The van der Waals surface area contributed by atoms with Crippen molar-refractivity contribution >= 4 is 40.4 Å². The molecule has 1 fully saturated rings. The molecule has 2 aliphatic rings. The van der Waals surface area contributed by atoms with E-state index in [-0.39, 0.29) is 30.7 Å². The molecule has 2 amide bonds. The number of hydrogen-bond acceptors (Lipinski definition) is 6. The third-order valence-corrected chi connectivity index (χ3v) is 6.08. The van der Waals surface area contributed by atoms with Gasteiger partial charge in [0.05, 0.1) is 18.7 Å². The van der Waals surface area contributed by atoms with Gasteiger partial charge in [-0.3, -0.25) is 14.5 Å². The van der Waals surface area contributed by atoms with Crippen LogP contribution in [-0.2, 0) is 14.3 Å². The monoisotopic (exact) mass is 454 g/mol. The molecule has 32 heavy (non-hydrogen) atoms. The molecule has 2 aliphatic heterocycles. The van der Waals surface area contributed by atoms with Crippen LogP contribution >= 0.6 is 11.6 Å². The van der Waals surface area contributed by atoms with Gasteiger partial charge in [-0.2, -0.15) is 0 Å². The minimum atomic E-state index is -0.361. The second-order valence-corrected chi connectivity index (χ2v) is 8.41. The molecule has 0 aliphatic carbocycles. The lowest BCUT2D eigenvalue weighted by Crippen LogP contribution is -2.44. The Labute approximate surface area is 193 Å². The van der Waals surface area contributed by atoms with Crippen LogP contribution in [0.3, 0.4) is 0 Å². The number of carbonyl (C=O) groups is 2. The van der Waals surface area contributed by atoms with Crippen LogP contribution in [0.1, 0.15) is 5.56 Å². The fourth-order valence-corrected chi connectivity index (χ4v) is 4.05. The predicted molar refractivity (Wildman–Crippen MR) is 127 cm³/mol. The maximum atomic E-state index is 13.1. The number of anilines is 2. The molecule has 0 spiro atoms. The van der Waals surface area contributed by atoms with Gasteiger partial charge in [0.25, 0.3) is 11.8 Å². The Bertz CT molecular complexity index is 1010. The van der Waals surface area contributed by atoms with Crippen molar-refractivity contribution in [1.82, 2.24) is 9.80 Å². The number of piperazine rings is 1. The van der Waals surface area contributed by atoms with Crippen molar-refractivity contribution in [2.45, 2.75) is 0 Å². The number of amides is 2. The first-order chi connectivity index (χ1) is 15.5. The molecule has 0 aromatic heterocycles. The number of rotatable bonds is 7. The number of halogens is 1. The SMILES string of the molecule is COCCN1C(=O)C(Nc2ccc(N3CCN(C)CC3)cc2)=C(c2ccc(Cl)cc2)C1=O. The zero-order valence-corrected chi connectivity index (χ0v) is 19.1. The number of nitrogens with one attached hydrogen (secondary N) is 1. The van der Waals surface area contributed by atoms with Crippen molar-refractivity contribution < 1.29 is 14.3 Å². The van der Waals surface area contributed by atoms with Crippen molar-refractivity contribution in [3.05, 3.63) is 64.8 Å². The van der Waals surface area contributed by atoms with Crippen molar-refractivity contribution in [3.8, 4) is 0 Å². The predicted octanol–water partition coefficient (Wildman–Crippen LogP) is 2.93. The molecule has 168 valence electrons. The highest BCUT2D eigenvalue weighted by Gasteiger charge is 2.39. The van der Waals surface area contributed by atoms with Gasteiger partial charge in [-0.05, 0) is 49.0 Å². The lowest BCUT2D eigenvalue weighted by atomic mass is 10.0. The van der Waals surface area contributed by atoms with E-state index in [4.69, 9.17) is 16.3 Å². The first-order valence-electron chi connectivity index (χ1n) is 10.6. The van der Waals surface area contributed by atoms with Gasteiger partial charge in [0.1, 0.15) is 5.70 Å². The molecule has 0 unspecified atom stereocenters. The Morgan fingerprint density at radius 3 is 2.22 bits per heavy atom. The van der Waals surface area contributed by atoms with E-state index >= 15 is 0 Å². The number of ether oxygens (including phenoxy) is 1. The van der Waals surface area contributed by atoms with Crippen LogP contribution < -0.4 is 10.2 Å². The third-order valence-electron chi connectivity index (χ3n) is 5.83. The van der Waals surface area contributed by atoms with Crippen LogP contribution in [0.2, 0.25) is 5.02 Å². The molecule has 0 atom stereocenters. The van der Waals surface area contributed by atoms with E-state index in [2.05, 4.69) is 22.2 Å². The second-order valence-electron chi connectivity index (χ2n) is 7.97. The highest BCUT2D eigenvalue weighted by molar-refractivity contribution is 6.36. The molecule has 2 aromatic rings. The van der Waals surface area contributed by atoms with Crippen molar-refractivity contribution in [1.29, 1.82) is 0 Å². The van der Waals surface area contributed by atoms with Gasteiger partial charge in [-0.1, -0.05) is 23.7 Å². The standard InChI is InChI=1S/C24H27ClN4O3/c1-27-11-13-28(14-12-27)20-9-7-19(8-10-20)26-22-21(17-3-5-18(25)6-4-17)23(30)29(24(22)31)15-16-32-2/h3-10,26H,11-16H2,1-2H3. The van der Waals surface area contributed by atoms with Crippen LogP contribution in [0.25, 0.3) is 5.57 Å². The average Bonchev–Trinajstić information content (AvgIpc) is 3.03. The Balaban J connectivity index is 1.60. The molecule has 0 saturated carbocycles. The third kappa shape index (κ3) is 4.65. The Kier molecular flexibility index (Phi) is 6.79. The number of benzene rings is 2. The molecular weight excluding hydrogens is 428 g/mol. The average molecular weight is 455 g/mol. The molecule has 1 N–H and O–H groups in total. The first kappa shape index (κ1) is 22.3. The highest BCUT2D eigenvalue weighted by atomic mass is 35.5. The number of imide groups is 1. The van der Waals surface area contributed by atoms with Crippen LogP contribution in [0.4, 0.5) is 11.4 Å². The fourth-order valence-electron chi connectivity index (χ4n) is 3.93. The smallest absolute Gasteiger partial charge is 0.278 e. The Morgan fingerprint density at radius 1 is 0.938 bits per heavy atom. The Morgan fingerprint density at radius 2 is 1.59 bits per heavy atom. The van der Waals surface area contributed by atoms with E-state index in [1.807, 2.05) is 24.3 Å². The van der Waals surface area contributed by atoms with Crippen molar-refractivity contribution in [3.63, 3.8) is 0 Å². The summed E-state index contributed by atoms with van der Waals surface area (Å²) in [6, 6.07) is 14.9. The Hall–Kier alpha value is -2.87. The number of methoxy groups -OCH3 is 1. The summed E-state index contributed by atoms with van der Waals surface area (Å²) >= 11 is 6.02. The van der Waals surface area contributed by atoms with Crippen LogP contribution in [-0.4, -0.2) is 75.1 Å². The summed E-state index contributed by atoms with van der Waals surface area (Å²) in [5.41, 5.74) is 3.14. The largest absolute Gasteiger partial charge is 0.383 e. The molecule has 2 aromatic carbocycles. The summed E-state index contributed by atoms with van der Waals surface area (Å²) in [6.45, 7) is 4.50. The van der Waals surface area contributed by atoms with Crippen molar-refractivity contribution in [2.24, 2.45) is 0 Å². The van der Waals surface area contributed by atoms with Gasteiger partial charge >= 0.3 is 0 Å². The molecule has 4 rings (SSSR count). The molecule has 8 heteroatoms. The van der Waals surface area contributed by atoms with E-state index in [0.717, 1.165) is 37.6 Å². The minimum Gasteiger partial charge on any atom is -0.383 e. The van der Waals surface area contributed by atoms with Gasteiger partial charge in [-0.15, -0.1) is 0 Å². The summed E-state index contributed by atoms with van der Waals surface area (Å²) in [4.78, 5) is 32.1. The fraction of sp³-hybridized carbons (Fsp3) is 0.333. The van der Waals surface area contributed by atoms with E-state index in [9.17, 15) is 9.59 Å². The van der Waals surface area contributed by atoms with Crippen LogP contribution in [0.5, 0.6) is 0 Å². The topological polar surface area (TPSA) is 65.1 Å². The maximum absolute atomic E-state index is 13.1. The van der Waals surface area contributed by atoms with E-state index in [1.54, 1.807) is 31.4 Å². The summed E-state index contributed by atoms with van der Waals surface area (Å²) in [7, 11) is 3.67. The molecule has 1 saturated heterocycles. The van der Waals surface area contributed by atoms with Gasteiger partial charge in [0.2, 0.25) is 0 Å². The zero-order valence-electron chi connectivity index (χ0n) is 18.3. The summed E-state index contributed by atoms with van der Waals surface area (Å²) in [6.07, 6.45) is 0. The summed E-state index contributed by atoms with van der Waals surface area (Å²) < 4.78 is 5.08. The normalized spacial score (nSPS) is 17.5. The number of nitrogens with zero attached hydrogens (tertiary/aromatic N) is 3. The zero-order chi connectivity index (χ0) is 22.7. The van der Waals surface area contributed by atoms with Gasteiger partial charge in [0.15, 0.2) is 0 Å². The quantitative estimate of drug-likeness (QED) is 0.649. The second kappa shape index (κ2) is 9.73. The highest BCUT2D eigenvalue weighted by Crippen LogP contribution is 2.31. The lowest BCUT2D eigenvalue weighted by molar-refractivity contribution is -0.137. The van der Waals surface area contributed by atoms with Crippen LogP contribution in [0.15, 0.2) is 54.2 Å². The van der Waals surface area contributed by atoms with E-state index in [0.29, 0.717) is 16.2 Å². The number of carbonyl (C=O) groups excluding carboxylic acids is 2. The van der Waals surface area contributed by atoms with Gasteiger partial charge in [0, 0.05) is 49.7 Å². The molecular formula is C24H27ClN4O3. The van der Waals surface area contributed by atoms with Crippen molar-refractivity contribution in [2.75, 3.05) is 63.7 Å². The van der Waals surface area contributed by atoms with E-state index < -0.39 is 0 Å². The molecule has 0 radical (unpaired) electrons. The minimum absolute atomic E-state index is 0.193. The number of hydrogen-bond donors (Lipinski definition) is 1. The number of likely N-dealkylation sites (N-methyl/N-ethyl adjacent to an activating group) is 1. The summed E-state index contributed by atoms with van der Waals surface area (Å²) in [5, 5.41) is 3.76. The summed E-state index contributed by atoms with van der Waals surface area (Å²) in [5.74, 6) is -0.703. The van der Waals surface area contributed by atoms with Gasteiger partial charge in [-0.25, -0.2) is 0 Å². The van der Waals surface area contributed by atoms with E-state index in [1.165, 1.54) is 4.90 Å². The molecule has 2 heterocycles.